The molecule has 3 N–H and O–H groups in total. The SMILES string of the molecule is CN1CCC(CNC(=O)c2sc3nnccc3c2N)CC1. The molecule has 1 fully saturated rings. The van der Waals surface area contributed by atoms with E-state index < -0.39 is 0 Å². The highest BCUT2D eigenvalue weighted by Gasteiger charge is 2.20. The number of anilines is 1. The number of nitrogen functional groups attached to an aromatic ring is 1. The van der Waals surface area contributed by atoms with Crippen LogP contribution in [0.2, 0.25) is 0 Å². The van der Waals surface area contributed by atoms with Crippen molar-refractivity contribution in [2.45, 2.75) is 12.8 Å². The van der Waals surface area contributed by atoms with Crippen LogP contribution in [-0.2, 0) is 0 Å². The lowest BCUT2D eigenvalue weighted by Gasteiger charge is -2.28. The van der Waals surface area contributed by atoms with Crippen molar-refractivity contribution in [2.24, 2.45) is 5.92 Å². The van der Waals surface area contributed by atoms with Gasteiger partial charge in [-0.3, -0.25) is 4.79 Å². The van der Waals surface area contributed by atoms with Crippen LogP contribution in [0.3, 0.4) is 0 Å². The highest BCUT2D eigenvalue weighted by molar-refractivity contribution is 7.21. The summed E-state index contributed by atoms with van der Waals surface area (Å²) in [5.41, 5.74) is 6.55. The zero-order valence-electron chi connectivity index (χ0n) is 12.0. The number of nitrogens with two attached hydrogens (primary N) is 1. The van der Waals surface area contributed by atoms with E-state index in [0.717, 1.165) is 31.3 Å². The van der Waals surface area contributed by atoms with Crippen LogP contribution in [0.1, 0.15) is 22.5 Å². The largest absolute Gasteiger partial charge is 0.397 e. The summed E-state index contributed by atoms with van der Waals surface area (Å²) in [6, 6.07) is 1.79. The van der Waals surface area contributed by atoms with Crippen molar-refractivity contribution in [2.75, 3.05) is 32.4 Å². The molecule has 1 aliphatic heterocycles. The minimum atomic E-state index is -0.102. The number of hydrogen-bond donors (Lipinski definition) is 2. The predicted molar refractivity (Wildman–Crippen MR) is 84.4 cm³/mol. The van der Waals surface area contributed by atoms with Gasteiger partial charge < -0.3 is 16.0 Å². The van der Waals surface area contributed by atoms with Crippen molar-refractivity contribution in [1.29, 1.82) is 0 Å². The van der Waals surface area contributed by atoms with E-state index in [1.807, 2.05) is 0 Å². The predicted octanol–water partition coefficient (Wildman–Crippen LogP) is 1.35. The fourth-order valence-corrected chi connectivity index (χ4v) is 3.58. The minimum Gasteiger partial charge on any atom is -0.397 e. The van der Waals surface area contributed by atoms with Crippen LogP contribution in [0, 0.1) is 5.92 Å². The fraction of sp³-hybridized carbons (Fsp3) is 0.500. The Morgan fingerprint density at radius 1 is 1.52 bits per heavy atom. The van der Waals surface area contributed by atoms with Gasteiger partial charge in [0, 0.05) is 11.9 Å². The first-order chi connectivity index (χ1) is 10.1. The maximum Gasteiger partial charge on any atom is 0.263 e. The van der Waals surface area contributed by atoms with Crippen LogP contribution in [0.4, 0.5) is 5.69 Å². The fourth-order valence-electron chi connectivity index (χ4n) is 2.63. The van der Waals surface area contributed by atoms with Crippen LogP contribution < -0.4 is 11.1 Å². The number of rotatable bonds is 3. The summed E-state index contributed by atoms with van der Waals surface area (Å²) in [5, 5.41) is 11.6. The van der Waals surface area contributed by atoms with E-state index in [9.17, 15) is 4.79 Å². The molecule has 1 amide bonds. The van der Waals surface area contributed by atoms with Crippen molar-refractivity contribution >= 4 is 33.1 Å². The van der Waals surface area contributed by atoms with Crippen molar-refractivity contribution in [3.63, 3.8) is 0 Å². The number of fused-ring (bicyclic) bond motifs is 1. The van der Waals surface area contributed by atoms with Crippen LogP contribution in [0.5, 0.6) is 0 Å². The molecule has 2 aromatic rings. The van der Waals surface area contributed by atoms with Crippen molar-refractivity contribution < 1.29 is 4.79 Å². The Balaban J connectivity index is 1.65. The molecule has 7 heteroatoms. The number of hydrogen-bond acceptors (Lipinski definition) is 6. The molecule has 0 saturated carbocycles. The number of amides is 1. The molecule has 112 valence electrons. The van der Waals surface area contributed by atoms with Gasteiger partial charge in [0.25, 0.3) is 5.91 Å². The normalized spacial score (nSPS) is 17.2. The number of likely N-dealkylation sites (tertiary alicyclic amines) is 1. The maximum absolute atomic E-state index is 12.3. The summed E-state index contributed by atoms with van der Waals surface area (Å²) in [6.07, 6.45) is 3.85. The summed E-state index contributed by atoms with van der Waals surface area (Å²) in [6.45, 7) is 2.91. The molecule has 3 heterocycles. The number of thiophene rings is 1. The van der Waals surface area contributed by atoms with E-state index in [1.165, 1.54) is 11.3 Å². The Hall–Kier alpha value is -1.73. The lowest BCUT2D eigenvalue weighted by molar-refractivity contribution is 0.0944. The van der Waals surface area contributed by atoms with Crippen molar-refractivity contribution in [1.82, 2.24) is 20.4 Å². The summed E-state index contributed by atoms with van der Waals surface area (Å²) in [7, 11) is 2.13. The Morgan fingerprint density at radius 2 is 2.29 bits per heavy atom. The van der Waals surface area contributed by atoms with Crippen LogP contribution >= 0.6 is 11.3 Å². The third-order valence-corrected chi connectivity index (χ3v) is 5.12. The van der Waals surface area contributed by atoms with E-state index in [-0.39, 0.29) is 5.91 Å². The molecule has 0 spiro atoms. The lowest BCUT2D eigenvalue weighted by atomic mass is 9.97. The number of aromatic nitrogens is 2. The third-order valence-electron chi connectivity index (χ3n) is 4.02. The summed E-state index contributed by atoms with van der Waals surface area (Å²) < 4.78 is 0. The first-order valence-electron chi connectivity index (χ1n) is 7.11. The first-order valence-corrected chi connectivity index (χ1v) is 7.93. The smallest absolute Gasteiger partial charge is 0.263 e. The average Bonchev–Trinajstić information content (AvgIpc) is 2.84. The zero-order chi connectivity index (χ0) is 14.8. The number of nitrogens with zero attached hydrogens (tertiary/aromatic N) is 3. The van der Waals surface area contributed by atoms with Gasteiger partial charge in [0.05, 0.1) is 11.9 Å². The Bertz CT molecular complexity index is 648. The molecular formula is C14H19N5OS. The molecule has 2 aromatic heterocycles. The second kappa shape index (κ2) is 5.95. The van der Waals surface area contributed by atoms with Crippen molar-refractivity contribution in [3.05, 3.63) is 17.1 Å². The first kappa shape index (κ1) is 14.2. The Kier molecular flexibility index (Phi) is 4.03. The van der Waals surface area contributed by atoms with E-state index >= 15 is 0 Å². The van der Waals surface area contributed by atoms with Gasteiger partial charge in [-0.15, -0.1) is 16.4 Å². The maximum atomic E-state index is 12.3. The number of piperidine rings is 1. The Labute approximate surface area is 127 Å². The quantitative estimate of drug-likeness (QED) is 0.894. The number of carbonyl (C=O) groups is 1. The van der Waals surface area contributed by atoms with Gasteiger partial charge in [-0.1, -0.05) is 0 Å². The van der Waals surface area contributed by atoms with Gasteiger partial charge in [0.1, 0.15) is 9.71 Å². The summed E-state index contributed by atoms with van der Waals surface area (Å²) in [5.74, 6) is 0.454. The number of carbonyl (C=O) groups excluding carboxylic acids is 1. The van der Waals surface area contributed by atoms with Gasteiger partial charge in [-0.05, 0) is 45.0 Å². The van der Waals surface area contributed by atoms with Gasteiger partial charge >= 0.3 is 0 Å². The van der Waals surface area contributed by atoms with Crippen LogP contribution in [-0.4, -0.2) is 47.7 Å². The molecule has 0 aliphatic carbocycles. The van der Waals surface area contributed by atoms with E-state index in [4.69, 9.17) is 5.73 Å². The topological polar surface area (TPSA) is 84.1 Å². The Morgan fingerprint density at radius 3 is 3.00 bits per heavy atom. The van der Waals surface area contributed by atoms with Gasteiger partial charge in [-0.2, -0.15) is 5.10 Å². The monoisotopic (exact) mass is 305 g/mol. The van der Waals surface area contributed by atoms with Crippen LogP contribution in [0.25, 0.3) is 10.2 Å². The van der Waals surface area contributed by atoms with Gasteiger partial charge in [-0.25, -0.2) is 0 Å². The van der Waals surface area contributed by atoms with Gasteiger partial charge in [0.15, 0.2) is 0 Å². The van der Waals surface area contributed by atoms with Gasteiger partial charge in [0.2, 0.25) is 0 Å². The molecular weight excluding hydrogens is 286 g/mol. The molecule has 21 heavy (non-hydrogen) atoms. The molecule has 0 bridgehead atoms. The van der Waals surface area contributed by atoms with E-state index in [2.05, 4.69) is 27.5 Å². The molecule has 0 atom stereocenters. The molecule has 1 saturated heterocycles. The van der Waals surface area contributed by atoms with Crippen molar-refractivity contribution in [3.8, 4) is 0 Å². The average molecular weight is 305 g/mol. The molecule has 0 aromatic carbocycles. The highest BCUT2D eigenvalue weighted by atomic mass is 32.1. The molecule has 3 rings (SSSR count). The van der Waals surface area contributed by atoms with E-state index in [0.29, 0.717) is 27.9 Å². The minimum absolute atomic E-state index is 0.102. The molecule has 0 radical (unpaired) electrons. The van der Waals surface area contributed by atoms with E-state index in [1.54, 1.807) is 12.3 Å². The molecule has 6 nitrogen and oxygen atoms in total. The standard InChI is InChI=1S/C14H19N5OS/c1-19-6-3-9(4-7-19)8-16-13(20)12-11(15)10-2-5-17-18-14(10)21-12/h2,5,9H,3-4,6-8,15H2,1H3,(H,16,20). The summed E-state index contributed by atoms with van der Waals surface area (Å²) >= 11 is 1.30. The summed E-state index contributed by atoms with van der Waals surface area (Å²) in [4.78, 5) is 15.9. The second-order valence-electron chi connectivity index (χ2n) is 5.55. The molecule has 1 aliphatic rings. The lowest BCUT2D eigenvalue weighted by Crippen LogP contribution is -2.36. The zero-order valence-corrected chi connectivity index (χ0v) is 12.8. The second-order valence-corrected chi connectivity index (χ2v) is 6.55. The van der Waals surface area contributed by atoms with Crippen LogP contribution in [0.15, 0.2) is 12.3 Å². The number of nitrogens with one attached hydrogen (secondary N) is 1. The third kappa shape index (κ3) is 2.98. The molecule has 0 unspecified atom stereocenters. The highest BCUT2D eigenvalue weighted by Crippen LogP contribution is 2.31.